The summed E-state index contributed by atoms with van der Waals surface area (Å²) < 4.78 is 12.7. The number of fused-ring (bicyclic) bond motifs is 1. The van der Waals surface area contributed by atoms with Crippen molar-refractivity contribution in [2.75, 3.05) is 7.11 Å². The third kappa shape index (κ3) is 5.67. The molecular weight excluding hydrogens is 515 g/mol. The van der Waals surface area contributed by atoms with Gasteiger partial charge in [-0.3, -0.25) is 4.79 Å². The number of rotatable bonds is 8. The number of nitrogens with zero attached hydrogens (tertiary/aromatic N) is 1. The van der Waals surface area contributed by atoms with Crippen molar-refractivity contribution in [3.63, 3.8) is 0 Å². The Kier molecular flexibility index (Phi) is 8.19. The third-order valence-electron chi connectivity index (χ3n) is 5.72. The minimum atomic E-state index is -0.353. The number of hydrogen-bond donors (Lipinski definition) is 1. The molecule has 0 bridgehead atoms. The molecule has 4 aromatic rings. The molecule has 4 rings (SSSR count). The van der Waals surface area contributed by atoms with Crippen LogP contribution in [-0.4, -0.2) is 19.2 Å². The monoisotopic (exact) mass is 540 g/mol. The van der Waals surface area contributed by atoms with E-state index in [0.29, 0.717) is 22.3 Å². The van der Waals surface area contributed by atoms with E-state index in [9.17, 15) is 4.79 Å². The summed E-state index contributed by atoms with van der Waals surface area (Å²) in [6, 6.07) is 17.2. The van der Waals surface area contributed by atoms with Gasteiger partial charge in [-0.05, 0) is 65.9 Å². The molecule has 0 saturated heterocycles. The van der Waals surface area contributed by atoms with E-state index in [4.69, 9.17) is 32.7 Å². The van der Waals surface area contributed by atoms with Crippen LogP contribution in [0.3, 0.4) is 0 Å². The van der Waals surface area contributed by atoms with Crippen LogP contribution in [-0.2, 0) is 6.61 Å². The number of carbonyl (C=O) groups excluding carboxylic acids is 1. The van der Waals surface area contributed by atoms with Crippen molar-refractivity contribution in [1.82, 2.24) is 5.43 Å². The van der Waals surface area contributed by atoms with E-state index in [2.05, 4.69) is 24.4 Å². The highest BCUT2D eigenvalue weighted by atomic mass is 35.5. The van der Waals surface area contributed by atoms with Crippen LogP contribution in [0.4, 0.5) is 0 Å². The van der Waals surface area contributed by atoms with Crippen LogP contribution < -0.4 is 14.9 Å². The zero-order chi connectivity index (χ0) is 25.8. The molecule has 0 aliphatic heterocycles. The fraction of sp³-hybridized carbons (Fsp3) is 0.214. The molecule has 186 valence electrons. The number of carbonyl (C=O) groups is 1. The summed E-state index contributed by atoms with van der Waals surface area (Å²) in [4.78, 5) is 13.1. The number of hydrazone groups is 1. The number of ether oxygens (including phenoxy) is 2. The normalized spacial score (nSPS) is 11.4. The lowest BCUT2D eigenvalue weighted by atomic mass is 10.0. The summed E-state index contributed by atoms with van der Waals surface area (Å²) in [5.74, 6) is 1.40. The molecule has 36 heavy (non-hydrogen) atoms. The Labute approximate surface area is 224 Å². The smallest absolute Gasteiger partial charge is 0.283 e. The predicted octanol–water partition coefficient (Wildman–Crippen LogP) is 7.99. The second-order valence-corrected chi connectivity index (χ2v) is 10.4. The zero-order valence-corrected chi connectivity index (χ0v) is 22.7. The predicted molar refractivity (Wildman–Crippen MR) is 149 cm³/mol. The molecule has 0 fully saturated rings. The van der Waals surface area contributed by atoms with Crippen LogP contribution in [0.2, 0.25) is 10.0 Å². The topological polar surface area (TPSA) is 59.9 Å². The summed E-state index contributed by atoms with van der Waals surface area (Å²) in [5, 5.41) is 6.14. The Morgan fingerprint density at radius 1 is 1.11 bits per heavy atom. The van der Waals surface area contributed by atoms with Gasteiger partial charge in [0.1, 0.15) is 23.0 Å². The first-order valence-corrected chi connectivity index (χ1v) is 13.0. The van der Waals surface area contributed by atoms with Gasteiger partial charge in [-0.2, -0.15) is 5.10 Å². The van der Waals surface area contributed by atoms with E-state index >= 15 is 0 Å². The van der Waals surface area contributed by atoms with Crippen molar-refractivity contribution in [1.29, 1.82) is 0 Å². The van der Waals surface area contributed by atoms with Crippen molar-refractivity contribution < 1.29 is 14.3 Å². The molecule has 0 aliphatic rings. The average Bonchev–Trinajstić information content (AvgIpc) is 3.21. The standard InChI is InChI=1S/C28H26Cl2N2O3S/c1-16(2)21-13-22(29)17(3)11-24(21)35-15-19-12-18(9-10-23(19)34-4)14-31-32-28(33)27-26(30)20-7-5-6-8-25(20)36-27/h5-14,16H,15H2,1-4H3,(H,32,33)/b31-14-. The molecule has 0 spiro atoms. The summed E-state index contributed by atoms with van der Waals surface area (Å²) >= 11 is 14.1. The maximum absolute atomic E-state index is 12.6. The number of halogens is 2. The van der Waals surface area contributed by atoms with E-state index in [0.717, 1.165) is 43.1 Å². The van der Waals surface area contributed by atoms with E-state index < -0.39 is 0 Å². The first kappa shape index (κ1) is 26.0. The molecule has 1 heterocycles. The molecule has 0 aliphatic carbocycles. The number of hydrogen-bond acceptors (Lipinski definition) is 5. The maximum atomic E-state index is 12.6. The number of aryl methyl sites for hydroxylation is 1. The molecule has 0 radical (unpaired) electrons. The molecule has 1 N–H and O–H groups in total. The van der Waals surface area contributed by atoms with Crippen LogP contribution >= 0.6 is 34.5 Å². The van der Waals surface area contributed by atoms with Crippen molar-refractivity contribution in [3.8, 4) is 11.5 Å². The van der Waals surface area contributed by atoms with Gasteiger partial charge in [-0.25, -0.2) is 5.43 Å². The van der Waals surface area contributed by atoms with E-state index in [-0.39, 0.29) is 11.8 Å². The number of benzene rings is 3. The molecular formula is C28H26Cl2N2O3S. The van der Waals surface area contributed by atoms with Crippen molar-refractivity contribution in [3.05, 3.63) is 91.8 Å². The quantitative estimate of drug-likeness (QED) is 0.182. The van der Waals surface area contributed by atoms with Gasteiger partial charge in [-0.15, -0.1) is 11.3 Å². The van der Waals surface area contributed by atoms with Gasteiger partial charge in [0.2, 0.25) is 0 Å². The molecule has 1 aromatic heterocycles. The Morgan fingerprint density at radius 3 is 2.61 bits per heavy atom. The lowest BCUT2D eigenvalue weighted by Gasteiger charge is -2.17. The summed E-state index contributed by atoms with van der Waals surface area (Å²) in [7, 11) is 1.62. The van der Waals surface area contributed by atoms with E-state index in [1.807, 2.05) is 61.5 Å². The molecule has 5 nitrogen and oxygen atoms in total. The van der Waals surface area contributed by atoms with Crippen LogP contribution in [0.15, 0.2) is 59.7 Å². The molecule has 1 amide bonds. The lowest BCUT2D eigenvalue weighted by molar-refractivity contribution is 0.0959. The third-order valence-corrected chi connectivity index (χ3v) is 7.80. The van der Waals surface area contributed by atoms with Crippen LogP contribution in [0, 0.1) is 6.92 Å². The fourth-order valence-electron chi connectivity index (χ4n) is 3.77. The van der Waals surface area contributed by atoms with Crippen molar-refractivity contribution >= 4 is 56.7 Å². The molecule has 0 saturated carbocycles. The maximum Gasteiger partial charge on any atom is 0.283 e. The Hall–Kier alpha value is -3.06. The van der Waals surface area contributed by atoms with Crippen molar-refractivity contribution in [2.45, 2.75) is 33.3 Å². The highest BCUT2D eigenvalue weighted by molar-refractivity contribution is 7.21. The SMILES string of the molecule is COc1ccc(/C=N\NC(=O)c2sc3ccccc3c2Cl)cc1COc1cc(C)c(Cl)cc1C(C)C. The van der Waals surface area contributed by atoms with Crippen LogP contribution in [0.1, 0.15) is 51.7 Å². The number of methoxy groups -OCH3 is 1. The number of thiophene rings is 1. The van der Waals surface area contributed by atoms with Gasteiger partial charge in [0.25, 0.3) is 5.91 Å². The fourth-order valence-corrected chi connectivity index (χ4v) is 5.35. The van der Waals surface area contributed by atoms with Gasteiger partial charge in [-0.1, -0.05) is 55.2 Å². The van der Waals surface area contributed by atoms with E-state index in [1.165, 1.54) is 11.3 Å². The minimum Gasteiger partial charge on any atom is -0.496 e. The highest BCUT2D eigenvalue weighted by Crippen LogP contribution is 2.35. The molecule has 8 heteroatoms. The molecule has 0 unspecified atom stereocenters. The summed E-state index contributed by atoms with van der Waals surface area (Å²) in [5.41, 5.74) is 6.21. The van der Waals surface area contributed by atoms with Gasteiger partial charge >= 0.3 is 0 Å². The first-order valence-electron chi connectivity index (χ1n) is 11.4. The second-order valence-electron chi connectivity index (χ2n) is 8.59. The van der Waals surface area contributed by atoms with Crippen LogP contribution in [0.25, 0.3) is 10.1 Å². The van der Waals surface area contributed by atoms with Gasteiger partial charge in [0, 0.05) is 20.7 Å². The zero-order valence-electron chi connectivity index (χ0n) is 20.4. The Morgan fingerprint density at radius 2 is 1.89 bits per heavy atom. The Balaban J connectivity index is 1.49. The average molecular weight is 542 g/mol. The summed E-state index contributed by atoms with van der Waals surface area (Å²) in [6.07, 6.45) is 1.58. The highest BCUT2D eigenvalue weighted by Gasteiger charge is 2.16. The second kappa shape index (κ2) is 11.3. The molecule has 0 atom stereocenters. The first-order chi connectivity index (χ1) is 17.3. The largest absolute Gasteiger partial charge is 0.496 e. The number of amides is 1. The van der Waals surface area contributed by atoms with Gasteiger partial charge in [0.05, 0.1) is 18.3 Å². The van der Waals surface area contributed by atoms with Gasteiger partial charge < -0.3 is 9.47 Å². The number of nitrogens with one attached hydrogen (secondary N) is 1. The summed E-state index contributed by atoms with van der Waals surface area (Å²) in [6.45, 7) is 6.46. The lowest BCUT2D eigenvalue weighted by Crippen LogP contribution is -2.16. The van der Waals surface area contributed by atoms with Gasteiger partial charge in [0.15, 0.2) is 0 Å². The molecule has 3 aromatic carbocycles. The van der Waals surface area contributed by atoms with Crippen molar-refractivity contribution in [2.24, 2.45) is 5.10 Å². The Bertz CT molecular complexity index is 1450. The van der Waals surface area contributed by atoms with E-state index in [1.54, 1.807) is 13.3 Å². The van der Waals surface area contributed by atoms with Crippen LogP contribution in [0.5, 0.6) is 11.5 Å². The minimum absolute atomic E-state index is 0.261.